The first-order valence-corrected chi connectivity index (χ1v) is 8.92. The van der Waals surface area contributed by atoms with Gasteiger partial charge in [0.1, 0.15) is 0 Å². The van der Waals surface area contributed by atoms with Crippen molar-refractivity contribution in [3.8, 4) is 0 Å². The minimum atomic E-state index is -3.19. The fourth-order valence-electron chi connectivity index (χ4n) is 2.53. The summed E-state index contributed by atoms with van der Waals surface area (Å²) in [6.45, 7) is 1.95. The molecule has 0 radical (unpaired) electrons. The Bertz CT molecular complexity index is 678. The summed E-state index contributed by atoms with van der Waals surface area (Å²) in [5, 5.41) is 4.19. The molecule has 122 valence electrons. The molecule has 0 bridgehead atoms. The van der Waals surface area contributed by atoms with Crippen LogP contribution < -0.4 is 4.72 Å². The number of carbonyl (C=O) groups excluding carboxylic acids is 1. The first-order valence-electron chi connectivity index (χ1n) is 7.37. The van der Waals surface area contributed by atoms with E-state index < -0.39 is 10.0 Å². The number of sulfonamides is 1. The quantitative estimate of drug-likeness (QED) is 0.841. The van der Waals surface area contributed by atoms with Crippen LogP contribution in [0.2, 0.25) is 0 Å². The third-order valence-electron chi connectivity index (χ3n) is 3.92. The molecule has 0 saturated heterocycles. The molecule has 1 aromatic heterocycles. The molecule has 3 rings (SSSR count). The average molecular weight is 327 g/mol. The van der Waals surface area contributed by atoms with Gasteiger partial charge < -0.3 is 9.80 Å². The van der Waals surface area contributed by atoms with Crippen LogP contribution in [0, 0.1) is 0 Å². The van der Waals surface area contributed by atoms with E-state index in [-0.39, 0.29) is 17.8 Å². The lowest BCUT2D eigenvalue weighted by Gasteiger charge is -2.29. The van der Waals surface area contributed by atoms with Gasteiger partial charge in [0, 0.05) is 20.6 Å². The highest BCUT2D eigenvalue weighted by atomic mass is 32.2. The van der Waals surface area contributed by atoms with E-state index >= 15 is 0 Å². The molecule has 8 nitrogen and oxygen atoms in total. The molecule has 9 heteroatoms. The smallest absolute Gasteiger partial charge is 0.319 e. The lowest BCUT2D eigenvalue weighted by molar-refractivity contribution is 0.155. The predicted molar refractivity (Wildman–Crippen MR) is 80.5 cm³/mol. The zero-order chi connectivity index (χ0) is 15.9. The summed E-state index contributed by atoms with van der Waals surface area (Å²) in [5.41, 5.74) is 1.63. The number of hydrogen-bond acceptors (Lipinski definition) is 4. The minimum absolute atomic E-state index is 0.0246. The fraction of sp³-hybridized carbons (Fsp3) is 0.692. The molecule has 1 saturated carbocycles. The van der Waals surface area contributed by atoms with Gasteiger partial charge in [-0.25, -0.2) is 17.9 Å². The lowest BCUT2D eigenvalue weighted by atomic mass is 10.3. The largest absolute Gasteiger partial charge is 0.331 e. The molecule has 0 aromatic carbocycles. The maximum Gasteiger partial charge on any atom is 0.319 e. The zero-order valence-corrected chi connectivity index (χ0v) is 13.6. The Balaban J connectivity index is 1.64. The van der Waals surface area contributed by atoms with Crippen LogP contribution >= 0.6 is 0 Å². The summed E-state index contributed by atoms with van der Waals surface area (Å²) >= 11 is 0. The van der Waals surface area contributed by atoms with E-state index in [1.54, 1.807) is 23.9 Å². The normalized spacial score (nSPS) is 18.2. The van der Waals surface area contributed by atoms with Gasteiger partial charge in [-0.1, -0.05) is 0 Å². The van der Waals surface area contributed by atoms with E-state index in [4.69, 9.17) is 0 Å². The summed E-state index contributed by atoms with van der Waals surface area (Å²) in [5.74, 6) is 0. The highest BCUT2D eigenvalue weighted by molar-refractivity contribution is 7.90. The molecule has 1 aliphatic heterocycles. The Morgan fingerprint density at radius 2 is 2.14 bits per heavy atom. The lowest BCUT2D eigenvalue weighted by Crippen LogP contribution is -2.43. The fourth-order valence-corrected chi connectivity index (χ4v) is 3.87. The van der Waals surface area contributed by atoms with E-state index in [2.05, 4.69) is 9.82 Å². The highest BCUT2D eigenvalue weighted by Gasteiger charge is 2.35. The number of amides is 2. The van der Waals surface area contributed by atoms with Gasteiger partial charge in [0.15, 0.2) is 0 Å². The monoisotopic (exact) mass is 327 g/mol. The van der Waals surface area contributed by atoms with Crippen LogP contribution in [0.3, 0.4) is 0 Å². The van der Waals surface area contributed by atoms with Gasteiger partial charge in [-0.15, -0.1) is 0 Å². The number of urea groups is 1. The van der Waals surface area contributed by atoms with Crippen molar-refractivity contribution >= 4 is 16.1 Å². The van der Waals surface area contributed by atoms with E-state index in [0.717, 1.165) is 18.5 Å². The molecular formula is C13H21N5O3S. The van der Waals surface area contributed by atoms with Crippen molar-refractivity contribution in [2.75, 3.05) is 20.6 Å². The van der Waals surface area contributed by atoms with Gasteiger partial charge in [-0.3, -0.25) is 4.68 Å². The Labute approximate surface area is 130 Å². The molecule has 1 fully saturated rings. The van der Waals surface area contributed by atoms with E-state index in [1.165, 1.54) is 0 Å². The Hall–Kier alpha value is -1.61. The van der Waals surface area contributed by atoms with Gasteiger partial charge in [0.05, 0.1) is 36.3 Å². The average Bonchev–Trinajstić information content (AvgIpc) is 3.25. The summed E-state index contributed by atoms with van der Waals surface area (Å²) < 4.78 is 28.1. The van der Waals surface area contributed by atoms with E-state index in [9.17, 15) is 13.2 Å². The van der Waals surface area contributed by atoms with Crippen molar-refractivity contribution in [3.05, 3.63) is 17.5 Å². The number of hydrogen-bond donors (Lipinski definition) is 1. The summed E-state index contributed by atoms with van der Waals surface area (Å²) in [6.07, 6.45) is 1.49. The molecule has 2 heterocycles. The van der Waals surface area contributed by atoms with Crippen LogP contribution in [0.15, 0.2) is 6.07 Å². The van der Waals surface area contributed by atoms with Crippen LogP contribution in [-0.4, -0.2) is 59.9 Å². The highest BCUT2D eigenvalue weighted by Crippen LogP contribution is 2.27. The van der Waals surface area contributed by atoms with Gasteiger partial charge >= 0.3 is 6.03 Å². The van der Waals surface area contributed by atoms with E-state index in [1.807, 2.05) is 10.7 Å². The second kappa shape index (κ2) is 5.54. The Kier molecular flexibility index (Phi) is 3.85. The van der Waals surface area contributed by atoms with Crippen LogP contribution in [0.25, 0.3) is 0 Å². The van der Waals surface area contributed by atoms with Crippen molar-refractivity contribution in [2.24, 2.45) is 0 Å². The van der Waals surface area contributed by atoms with Crippen LogP contribution in [-0.2, 0) is 29.7 Å². The Morgan fingerprint density at radius 3 is 2.77 bits per heavy atom. The van der Waals surface area contributed by atoms with Crippen LogP contribution in [0.1, 0.15) is 24.2 Å². The number of rotatable bonds is 4. The molecule has 0 spiro atoms. The number of aromatic nitrogens is 2. The van der Waals surface area contributed by atoms with Crippen molar-refractivity contribution in [1.82, 2.24) is 24.3 Å². The molecule has 0 atom stereocenters. The zero-order valence-electron chi connectivity index (χ0n) is 12.8. The number of carbonyl (C=O) groups is 1. The molecule has 0 unspecified atom stereocenters. The second-order valence-corrected chi connectivity index (χ2v) is 8.06. The topological polar surface area (TPSA) is 87.5 Å². The molecule has 1 N–H and O–H groups in total. The summed E-state index contributed by atoms with van der Waals surface area (Å²) in [4.78, 5) is 15.3. The third-order valence-corrected chi connectivity index (χ3v) is 5.82. The maximum absolute atomic E-state index is 12.0. The third kappa shape index (κ3) is 3.09. The predicted octanol–water partition coefficient (Wildman–Crippen LogP) is -0.0379. The summed E-state index contributed by atoms with van der Waals surface area (Å²) in [7, 11) is 0.264. The van der Waals surface area contributed by atoms with Crippen LogP contribution in [0.5, 0.6) is 0 Å². The van der Waals surface area contributed by atoms with E-state index in [0.29, 0.717) is 25.3 Å². The van der Waals surface area contributed by atoms with Gasteiger partial charge in [0.25, 0.3) is 0 Å². The molecule has 22 heavy (non-hydrogen) atoms. The van der Waals surface area contributed by atoms with Gasteiger partial charge in [-0.05, 0) is 18.9 Å². The minimum Gasteiger partial charge on any atom is -0.331 e. The van der Waals surface area contributed by atoms with Crippen LogP contribution in [0.4, 0.5) is 4.79 Å². The standard InChI is InChI=1S/C13H21N5O3S/c1-16(2)13(19)17-5-6-18-11(9-17)7-10(15-18)8-14-22(20,21)12-3-4-12/h7,12,14H,3-6,8-9H2,1-2H3. The molecule has 1 aromatic rings. The first-order chi connectivity index (χ1) is 10.4. The molecular weight excluding hydrogens is 306 g/mol. The number of nitrogens with zero attached hydrogens (tertiary/aromatic N) is 4. The molecule has 1 aliphatic carbocycles. The van der Waals surface area contributed by atoms with Gasteiger partial charge in [-0.2, -0.15) is 5.10 Å². The first kappa shape index (κ1) is 15.3. The second-order valence-electron chi connectivity index (χ2n) is 6.01. The Morgan fingerprint density at radius 1 is 1.41 bits per heavy atom. The SMILES string of the molecule is CN(C)C(=O)N1CCn2nc(CNS(=O)(=O)C3CC3)cc2C1. The number of nitrogens with one attached hydrogen (secondary N) is 1. The van der Waals surface area contributed by atoms with Crippen molar-refractivity contribution < 1.29 is 13.2 Å². The van der Waals surface area contributed by atoms with Crippen molar-refractivity contribution in [1.29, 1.82) is 0 Å². The van der Waals surface area contributed by atoms with Gasteiger partial charge in [0.2, 0.25) is 10.0 Å². The molecule has 2 aliphatic rings. The van der Waals surface area contributed by atoms with Crippen molar-refractivity contribution in [2.45, 2.75) is 37.7 Å². The number of fused-ring (bicyclic) bond motifs is 1. The molecule has 2 amide bonds. The summed E-state index contributed by atoms with van der Waals surface area (Å²) in [6, 6.07) is 1.84. The van der Waals surface area contributed by atoms with Crippen molar-refractivity contribution in [3.63, 3.8) is 0 Å². The maximum atomic E-state index is 12.0.